The van der Waals surface area contributed by atoms with E-state index in [4.69, 9.17) is 0 Å². The van der Waals surface area contributed by atoms with Crippen LogP contribution in [0.1, 0.15) is 75.8 Å². The van der Waals surface area contributed by atoms with Crippen molar-refractivity contribution in [3.05, 3.63) is 70.3 Å². The molecule has 1 N–H and O–H groups in total. The van der Waals surface area contributed by atoms with Gasteiger partial charge in [0, 0.05) is 12.0 Å². The number of Topliss-reactive ketones (excluding diaryl/α,β-unsaturated/α-hetero) is 1. The highest BCUT2D eigenvalue weighted by atomic mass is 19.2. The van der Waals surface area contributed by atoms with Crippen LogP contribution >= 0.6 is 0 Å². The molecule has 38 heavy (non-hydrogen) atoms. The molecular formula is C31H38F2N2O3. The molecule has 0 bridgehead atoms. The van der Waals surface area contributed by atoms with E-state index in [1.807, 2.05) is 58.9 Å². The van der Waals surface area contributed by atoms with E-state index >= 15 is 4.39 Å². The molecular weight excluding hydrogens is 486 g/mol. The van der Waals surface area contributed by atoms with Gasteiger partial charge in [-0.1, -0.05) is 71.0 Å². The third-order valence-electron chi connectivity index (χ3n) is 7.59. The summed E-state index contributed by atoms with van der Waals surface area (Å²) in [4.78, 5) is 43.1. The summed E-state index contributed by atoms with van der Waals surface area (Å²) in [6, 6.07) is 7.49. The predicted octanol–water partition coefficient (Wildman–Crippen LogP) is 5.48. The van der Waals surface area contributed by atoms with Crippen LogP contribution in [0.2, 0.25) is 0 Å². The first kappa shape index (κ1) is 27.9. The minimum atomic E-state index is -1.40. The van der Waals surface area contributed by atoms with Crippen LogP contribution in [0.25, 0.3) is 0 Å². The summed E-state index contributed by atoms with van der Waals surface area (Å²) in [5.41, 5.74) is 1.70. The first-order valence-electron chi connectivity index (χ1n) is 13.4. The van der Waals surface area contributed by atoms with Gasteiger partial charge in [-0.05, 0) is 60.1 Å². The molecule has 7 heteroatoms. The number of carbonyl (C=O) groups is 3. The molecule has 2 aliphatic rings. The van der Waals surface area contributed by atoms with Gasteiger partial charge in [0.25, 0.3) is 0 Å². The Morgan fingerprint density at radius 3 is 2.18 bits per heavy atom. The minimum absolute atomic E-state index is 0.0197. The fourth-order valence-corrected chi connectivity index (χ4v) is 5.84. The summed E-state index contributed by atoms with van der Waals surface area (Å²) in [7, 11) is 0. The fraction of sp³-hybridized carbons (Fsp3) is 0.516. The van der Waals surface area contributed by atoms with Crippen LogP contribution in [0, 0.1) is 35.8 Å². The second-order valence-electron chi connectivity index (χ2n) is 12.5. The van der Waals surface area contributed by atoms with E-state index in [2.05, 4.69) is 5.32 Å². The van der Waals surface area contributed by atoms with Crippen molar-refractivity contribution in [3.8, 4) is 0 Å². The number of hydrogen-bond acceptors (Lipinski definition) is 3. The van der Waals surface area contributed by atoms with E-state index < -0.39 is 46.9 Å². The minimum Gasteiger partial charge on any atom is -0.342 e. The van der Waals surface area contributed by atoms with Gasteiger partial charge in [-0.3, -0.25) is 14.4 Å². The van der Waals surface area contributed by atoms with Gasteiger partial charge in [-0.25, -0.2) is 8.78 Å². The summed E-state index contributed by atoms with van der Waals surface area (Å²) in [5, 5.41) is 2.95. The first-order chi connectivity index (χ1) is 17.8. The molecule has 4 rings (SSSR count). The quantitative estimate of drug-likeness (QED) is 0.522. The number of aryl methyl sites for hydroxylation is 1. The number of fused-ring (bicyclic) bond motifs is 1. The number of ketones is 1. The Bertz CT molecular complexity index is 1230. The average Bonchev–Trinajstić information content (AvgIpc) is 3.25. The van der Waals surface area contributed by atoms with Crippen molar-refractivity contribution < 1.29 is 23.2 Å². The lowest BCUT2D eigenvalue weighted by Gasteiger charge is -2.45. The highest BCUT2D eigenvalue weighted by Gasteiger charge is 2.50. The van der Waals surface area contributed by atoms with Gasteiger partial charge in [0.1, 0.15) is 18.1 Å². The number of rotatable bonds is 7. The normalized spacial score (nSPS) is 21.0. The van der Waals surface area contributed by atoms with Crippen molar-refractivity contribution >= 4 is 17.6 Å². The molecule has 1 aliphatic heterocycles. The molecule has 0 saturated carbocycles. The average molecular weight is 525 g/mol. The number of halogens is 2. The highest BCUT2D eigenvalue weighted by Crippen LogP contribution is 2.38. The molecule has 204 valence electrons. The summed E-state index contributed by atoms with van der Waals surface area (Å²) in [6.07, 6.45) is 1.56. The Labute approximate surface area is 224 Å². The molecule has 1 saturated heterocycles. The van der Waals surface area contributed by atoms with Crippen molar-refractivity contribution in [1.29, 1.82) is 0 Å². The third-order valence-corrected chi connectivity index (χ3v) is 7.59. The predicted molar refractivity (Wildman–Crippen MR) is 142 cm³/mol. The van der Waals surface area contributed by atoms with Crippen LogP contribution in [-0.2, 0) is 27.2 Å². The summed E-state index contributed by atoms with van der Waals surface area (Å²) in [6.45, 7) is 10.9. The molecule has 0 aromatic heterocycles. The topological polar surface area (TPSA) is 66.5 Å². The Kier molecular flexibility index (Phi) is 7.78. The number of carbonyl (C=O) groups excluding carboxylic acids is 3. The zero-order chi connectivity index (χ0) is 27.9. The fourth-order valence-electron chi connectivity index (χ4n) is 5.84. The SMILES string of the molecule is Cc1ccc([C@H](C(=O)CC(C)(C)C)N2C(=O)[C@@H](C3Cc4ccccc4C3)NC(=O)[C@H]2CC(C)C)c(F)c1F. The number of hydrogen-bond donors (Lipinski definition) is 1. The third kappa shape index (κ3) is 5.52. The molecule has 2 amide bonds. The number of benzene rings is 2. The maximum absolute atomic E-state index is 15.5. The van der Waals surface area contributed by atoms with Gasteiger partial charge in [0.2, 0.25) is 11.8 Å². The Morgan fingerprint density at radius 1 is 1.03 bits per heavy atom. The Balaban J connectivity index is 1.82. The lowest BCUT2D eigenvalue weighted by molar-refractivity contribution is -0.157. The highest BCUT2D eigenvalue weighted by molar-refractivity contribution is 6.00. The number of piperazine rings is 1. The molecule has 0 unspecified atom stereocenters. The van der Waals surface area contributed by atoms with Crippen molar-refractivity contribution in [3.63, 3.8) is 0 Å². The molecule has 2 aromatic rings. The number of nitrogens with zero attached hydrogens (tertiary/aromatic N) is 1. The summed E-state index contributed by atoms with van der Waals surface area (Å²) >= 11 is 0. The van der Waals surface area contributed by atoms with E-state index in [0.717, 1.165) is 11.1 Å². The van der Waals surface area contributed by atoms with E-state index in [1.54, 1.807) is 0 Å². The van der Waals surface area contributed by atoms with Gasteiger partial charge < -0.3 is 10.2 Å². The first-order valence-corrected chi connectivity index (χ1v) is 13.4. The Morgan fingerprint density at radius 2 is 1.63 bits per heavy atom. The maximum atomic E-state index is 15.5. The Hall–Kier alpha value is -3.09. The molecule has 1 aliphatic carbocycles. The van der Waals surface area contributed by atoms with E-state index in [0.29, 0.717) is 19.3 Å². The van der Waals surface area contributed by atoms with Crippen molar-refractivity contribution in [2.24, 2.45) is 17.3 Å². The van der Waals surface area contributed by atoms with Gasteiger partial charge >= 0.3 is 0 Å². The van der Waals surface area contributed by atoms with Crippen LogP contribution in [0.4, 0.5) is 8.78 Å². The van der Waals surface area contributed by atoms with Gasteiger partial charge in [0.15, 0.2) is 17.4 Å². The monoisotopic (exact) mass is 524 g/mol. The van der Waals surface area contributed by atoms with Gasteiger partial charge in [0.05, 0.1) is 0 Å². The molecule has 1 fully saturated rings. The van der Waals surface area contributed by atoms with Crippen LogP contribution in [0.3, 0.4) is 0 Å². The molecule has 5 nitrogen and oxygen atoms in total. The van der Waals surface area contributed by atoms with Gasteiger partial charge in [-0.15, -0.1) is 0 Å². The van der Waals surface area contributed by atoms with E-state index in [9.17, 15) is 18.8 Å². The van der Waals surface area contributed by atoms with Crippen LogP contribution in [0.15, 0.2) is 36.4 Å². The molecule has 1 heterocycles. The summed E-state index contributed by atoms with van der Waals surface area (Å²) < 4.78 is 30.3. The second-order valence-corrected chi connectivity index (χ2v) is 12.5. The van der Waals surface area contributed by atoms with Gasteiger partial charge in [-0.2, -0.15) is 0 Å². The largest absolute Gasteiger partial charge is 0.342 e. The smallest absolute Gasteiger partial charge is 0.247 e. The second kappa shape index (κ2) is 10.6. The molecule has 2 aromatic carbocycles. The van der Waals surface area contributed by atoms with Crippen LogP contribution in [0.5, 0.6) is 0 Å². The molecule has 0 radical (unpaired) electrons. The number of amides is 2. The van der Waals surface area contributed by atoms with Crippen LogP contribution < -0.4 is 5.32 Å². The van der Waals surface area contributed by atoms with Crippen molar-refractivity contribution in [1.82, 2.24) is 10.2 Å². The zero-order valence-corrected chi connectivity index (χ0v) is 23.1. The molecule has 0 spiro atoms. The van der Waals surface area contributed by atoms with E-state index in [1.165, 1.54) is 24.0 Å². The van der Waals surface area contributed by atoms with Crippen molar-refractivity contribution in [2.45, 2.75) is 85.4 Å². The maximum Gasteiger partial charge on any atom is 0.247 e. The summed E-state index contributed by atoms with van der Waals surface area (Å²) in [5.74, 6) is -3.56. The van der Waals surface area contributed by atoms with E-state index in [-0.39, 0.29) is 35.3 Å². The standard InChI is InChI=1S/C31H38F2N2O3/c1-17(2)13-23-29(37)34-27(21-14-19-9-7-8-10-20(19)15-21)30(38)35(23)28(24(36)16-31(4,5)6)22-12-11-18(3)25(32)26(22)33/h7-12,17,21,23,27-28H,13-16H2,1-6H3,(H,34,37)/t23-,27-,28-/m1/s1. The lowest BCUT2D eigenvalue weighted by Crippen LogP contribution is -2.67. The van der Waals surface area contributed by atoms with Crippen molar-refractivity contribution in [2.75, 3.05) is 0 Å². The number of nitrogens with one attached hydrogen (secondary N) is 1. The van der Waals surface area contributed by atoms with Crippen LogP contribution in [-0.4, -0.2) is 34.6 Å². The zero-order valence-electron chi connectivity index (χ0n) is 23.1. The molecule has 3 atom stereocenters. The lowest BCUT2D eigenvalue weighted by atomic mass is 9.82.